The fourth-order valence-electron chi connectivity index (χ4n) is 1.39. The van der Waals surface area contributed by atoms with Crippen LogP contribution in [0.1, 0.15) is 6.42 Å². The van der Waals surface area contributed by atoms with Crippen LogP contribution in [0, 0.1) is 0 Å². The van der Waals surface area contributed by atoms with Gasteiger partial charge in [-0.05, 0) is 25.1 Å². The molecular weight excluding hydrogens is 266 g/mol. The summed E-state index contributed by atoms with van der Waals surface area (Å²) in [5.74, 6) is -1.42. The zero-order valence-electron chi connectivity index (χ0n) is 8.84. The molecule has 0 aliphatic heterocycles. The van der Waals surface area contributed by atoms with Crippen molar-refractivity contribution in [3.05, 3.63) is 29.3 Å². The van der Waals surface area contributed by atoms with Gasteiger partial charge in [0, 0.05) is 0 Å². The number of carboxylic acid groups (broad SMARTS) is 1. The molecule has 1 unspecified atom stereocenters. The fourth-order valence-corrected chi connectivity index (χ4v) is 3.48. The summed E-state index contributed by atoms with van der Waals surface area (Å²) in [5.41, 5.74) is 5.22. The summed E-state index contributed by atoms with van der Waals surface area (Å²) in [6, 6.07) is 5.74. The molecule has 17 heavy (non-hydrogen) atoms. The van der Waals surface area contributed by atoms with E-state index in [-0.39, 0.29) is 22.9 Å². The van der Waals surface area contributed by atoms with Gasteiger partial charge in [-0.15, -0.1) is 0 Å². The number of sulfone groups is 1. The van der Waals surface area contributed by atoms with Gasteiger partial charge in [-0.2, -0.15) is 0 Å². The Morgan fingerprint density at radius 2 is 2.00 bits per heavy atom. The van der Waals surface area contributed by atoms with Crippen LogP contribution < -0.4 is 5.73 Å². The van der Waals surface area contributed by atoms with Crippen LogP contribution in [0.3, 0.4) is 0 Å². The van der Waals surface area contributed by atoms with Gasteiger partial charge in [0.25, 0.3) is 0 Å². The molecular formula is C10H12ClNO4S. The van der Waals surface area contributed by atoms with Crippen molar-refractivity contribution < 1.29 is 18.3 Å². The third kappa shape index (κ3) is 2.96. The monoisotopic (exact) mass is 277 g/mol. The molecule has 1 aromatic rings. The van der Waals surface area contributed by atoms with Crippen molar-refractivity contribution in [1.82, 2.24) is 0 Å². The lowest BCUT2D eigenvalue weighted by Crippen LogP contribution is -2.32. The van der Waals surface area contributed by atoms with Crippen molar-refractivity contribution in [2.75, 3.05) is 6.54 Å². The van der Waals surface area contributed by atoms with E-state index in [0.717, 1.165) is 0 Å². The number of rotatable bonds is 5. The minimum Gasteiger partial charge on any atom is -0.480 e. The molecule has 1 rings (SSSR count). The summed E-state index contributed by atoms with van der Waals surface area (Å²) < 4.78 is 24.1. The van der Waals surface area contributed by atoms with Crippen molar-refractivity contribution >= 4 is 27.4 Å². The molecule has 0 saturated carbocycles. The number of nitrogens with two attached hydrogens (primary N) is 1. The zero-order chi connectivity index (χ0) is 13.1. The quantitative estimate of drug-likeness (QED) is 0.834. The first-order valence-corrected chi connectivity index (χ1v) is 6.75. The van der Waals surface area contributed by atoms with E-state index >= 15 is 0 Å². The number of hydrogen-bond donors (Lipinski definition) is 2. The highest BCUT2D eigenvalue weighted by Crippen LogP contribution is 2.25. The van der Waals surface area contributed by atoms with Crippen molar-refractivity contribution in [3.8, 4) is 0 Å². The van der Waals surface area contributed by atoms with E-state index in [9.17, 15) is 13.2 Å². The molecule has 0 fully saturated rings. The Morgan fingerprint density at radius 3 is 2.47 bits per heavy atom. The average Bonchev–Trinajstić information content (AvgIpc) is 2.25. The number of carbonyl (C=O) groups is 1. The van der Waals surface area contributed by atoms with Gasteiger partial charge in [-0.1, -0.05) is 23.7 Å². The van der Waals surface area contributed by atoms with Crippen molar-refractivity contribution in [2.24, 2.45) is 5.73 Å². The maximum absolute atomic E-state index is 12.1. The lowest BCUT2D eigenvalue weighted by molar-refractivity contribution is -0.136. The summed E-state index contributed by atoms with van der Waals surface area (Å²) in [5, 5.41) is 7.36. The van der Waals surface area contributed by atoms with E-state index in [0.29, 0.717) is 0 Å². The van der Waals surface area contributed by atoms with E-state index in [1.165, 1.54) is 18.2 Å². The lowest BCUT2D eigenvalue weighted by Gasteiger charge is -2.13. The summed E-state index contributed by atoms with van der Waals surface area (Å²) in [7, 11) is -4.00. The Morgan fingerprint density at radius 1 is 1.41 bits per heavy atom. The number of aliphatic carboxylic acids is 1. The Balaban J connectivity index is 3.27. The molecule has 0 heterocycles. The van der Waals surface area contributed by atoms with Gasteiger partial charge in [0.15, 0.2) is 15.1 Å². The molecule has 7 heteroatoms. The summed E-state index contributed by atoms with van der Waals surface area (Å²) in [6.45, 7) is -0.0271. The van der Waals surface area contributed by atoms with Crippen LogP contribution in [0.2, 0.25) is 5.02 Å². The van der Waals surface area contributed by atoms with E-state index in [2.05, 4.69) is 0 Å². The molecule has 0 saturated heterocycles. The second-order valence-corrected chi connectivity index (χ2v) is 5.89. The molecule has 0 aliphatic rings. The first kappa shape index (κ1) is 14.0. The smallest absolute Gasteiger partial charge is 0.322 e. The molecule has 5 nitrogen and oxygen atoms in total. The maximum atomic E-state index is 12.1. The molecule has 0 spiro atoms. The van der Waals surface area contributed by atoms with Gasteiger partial charge in [-0.3, -0.25) is 4.79 Å². The van der Waals surface area contributed by atoms with Crippen LogP contribution in [0.4, 0.5) is 0 Å². The number of carboxylic acids is 1. The highest BCUT2D eigenvalue weighted by Gasteiger charge is 2.34. The number of halogens is 1. The third-order valence-electron chi connectivity index (χ3n) is 2.22. The maximum Gasteiger partial charge on any atom is 0.322 e. The summed E-state index contributed by atoms with van der Waals surface area (Å²) >= 11 is 5.75. The van der Waals surface area contributed by atoms with Crippen molar-refractivity contribution in [1.29, 1.82) is 0 Å². The highest BCUT2D eigenvalue weighted by molar-refractivity contribution is 7.92. The molecule has 1 atom stereocenters. The highest BCUT2D eigenvalue weighted by atomic mass is 35.5. The Bertz CT molecular complexity index is 515. The van der Waals surface area contributed by atoms with Gasteiger partial charge in [0.2, 0.25) is 0 Å². The molecule has 0 aromatic heterocycles. The molecule has 1 aromatic carbocycles. The standard InChI is InChI=1S/C10H12ClNO4S/c11-7-3-1-2-4-8(7)17(15,16)9(5-6-12)10(13)14/h1-4,9H,5-6,12H2,(H,13,14). The molecule has 0 bridgehead atoms. The van der Waals surface area contributed by atoms with Gasteiger partial charge >= 0.3 is 5.97 Å². The van der Waals surface area contributed by atoms with Gasteiger partial charge in [0.05, 0.1) is 9.92 Å². The van der Waals surface area contributed by atoms with E-state index in [1.807, 2.05) is 0 Å². The minimum absolute atomic E-state index is 0.00997. The van der Waals surface area contributed by atoms with E-state index in [4.69, 9.17) is 22.4 Å². The van der Waals surface area contributed by atoms with Gasteiger partial charge in [0.1, 0.15) is 0 Å². The van der Waals surface area contributed by atoms with Crippen molar-refractivity contribution in [2.45, 2.75) is 16.6 Å². The topological polar surface area (TPSA) is 97.5 Å². The number of hydrogen-bond acceptors (Lipinski definition) is 4. The molecule has 3 N–H and O–H groups in total. The van der Waals surface area contributed by atoms with Gasteiger partial charge in [-0.25, -0.2) is 8.42 Å². The third-order valence-corrected chi connectivity index (χ3v) is 4.82. The SMILES string of the molecule is NCCC(C(=O)O)S(=O)(=O)c1ccccc1Cl. The van der Waals surface area contributed by atoms with Crippen molar-refractivity contribution in [3.63, 3.8) is 0 Å². The largest absolute Gasteiger partial charge is 0.480 e. The van der Waals surface area contributed by atoms with E-state index in [1.54, 1.807) is 6.07 Å². The van der Waals surface area contributed by atoms with Crippen LogP contribution in [0.5, 0.6) is 0 Å². The summed E-state index contributed by atoms with van der Waals surface area (Å²) in [6.07, 6.45) is -0.150. The average molecular weight is 278 g/mol. The fraction of sp³-hybridized carbons (Fsp3) is 0.300. The number of benzene rings is 1. The predicted molar refractivity (Wildman–Crippen MR) is 63.7 cm³/mol. The zero-order valence-corrected chi connectivity index (χ0v) is 10.4. The molecule has 0 radical (unpaired) electrons. The predicted octanol–water partition coefficient (Wildman–Crippen LogP) is 0.916. The van der Waals surface area contributed by atoms with Crippen LogP contribution in [0.25, 0.3) is 0 Å². The lowest BCUT2D eigenvalue weighted by atomic mass is 10.3. The summed E-state index contributed by atoms with van der Waals surface area (Å²) in [4.78, 5) is 10.8. The van der Waals surface area contributed by atoms with Crippen LogP contribution in [0.15, 0.2) is 29.2 Å². The Labute approximate surface area is 104 Å². The van der Waals surface area contributed by atoms with Crippen LogP contribution >= 0.6 is 11.6 Å². The second-order valence-electron chi connectivity index (χ2n) is 3.38. The van der Waals surface area contributed by atoms with E-state index < -0.39 is 21.1 Å². The first-order chi connectivity index (χ1) is 7.91. The van der Waals surface area contributed by atoms with Gasteiger partial charge < -0.3 is 10.8 Å². The minimum atomic E-state index is -4.00. The molecule has 0 aliphatic carbocycles. The Hall–Kier alpha value is -1.11. The second kappa shape index (κ2) is 5.48. The molecule has 94 valence electrons. The molecule has 0 amide bonds. The van der Waals surface area contributed by atoms with Crippen LogP contribution in [-0.4, -0.2) is 31.3 Å². The Kier molecular flexibility index (Phi) is 4.50. The first-order valence-electron chi connectivity index (χ1n) is 4.82. The normalized spacial score (nSPS) is 13.3. The van der Waals surface area contributed by atoms with Crippen LogP contribution in [-0.2, 0) is 14.6 Å².